The van der Waals surface area contributed by atoms with Crippen molar-refractivity contribution in [3.63, 3.8) is 0 Å². The van der Waals surface area contributed by atoms with Crippen molar-refractivity contribution in [1.82, 2.24) is 31.5 Å². The van der Waals surface area contributed by atoms with Gasteiger partial charge in [0.1, 0.15) is 30.2 Å². The molecule has 2 aromatic carbocycles. The monoisotopic (exact) mass is 720 g/mol. The molecule has 52 heavy (non-hydrogen) atoms. The number of aliphatic hydroxyl groups is 1. The fourth-order valence-corrected chi connectivity index (χ4v) is 6.65. The summed E-state index contributed by atoms with van der Waals surface area (Å²) in [5, 5.41) is 24.3. The molecule has 2 aromatic rings. The lowest BCUT2D eigenvalue weighted by molar-refractivity contribution is -0.142. The van der Waals surface area contributed by atoms with Crippen LogP contribution in [-0.4, -0.2) is 102 Å². The number of hydrogen-bond acceptors (Lipinski definition) is 9. The van der Waals surface area contributed by atoms with Gasteiger partial charge < -0.3 is 46.1 Å². The van der Waals surface area contributed by atoms with Gasteiger partial charge in [0.25, 0.3) is 0 Å². The Hall–Kier alpha value is -5.18. The molecule has 3 heterocycles. The average Bonchev–Trinajstić information content (AvgIpc) is 3.81. The largest absolute Gasteiger partial charge is 0.454 e. The van der Waals surface area contributed by atoms with Crippen LogP contribution in [0.5, 0.6) is 11.5 Å². The molecule has 3 aliphatic heterocycles. The minimum atomic E-state index is -1.47. The van der Waals surface area contributed by atoms with Crippen LogP contribution in [0.25, 0.3) is 0 Å². The molecule has 0 radical (unpaired) electrons. The van der Waals surface area contributed by atoms with Crippen LogP contribution in [-0.2, 0) is 41.6 Å². The van der Waals surface area contributed by atoms with Gasteiger partial charge >= 0.3 is 0 Å². The molecular formula is C37H48N6O9. The number of ether oxygens (including phenoxy) is 2. The molecule has 0 saturated carbocycles. The number of carbonyl (C=O) groups is 6. The van der Waals surface area contributed by atoms with Gasteiger partial charge in [0.2, 0.25) is 42.2 Å². The second-order valence-electron chi connectivity index (χ2n) is 13.4. The van der Waals surface area contributed by atoms with Crippen LogP contribution >= 0.6 is 0 Å². The molecule has 280 valence electrons. The first-order valence-corrected chi connectivity index (χ1v) is 17.9. The lowest BCUT2D eigenvalue weighted by Crippen LogP contribution is -2.61. The van der Waals surface area contributed by atoms with E-state index in [1.165, 1.54) is 11.8 Å². The molecule has 5 rings (SSSR count). The number of nitrogens with one attached hydrogen (secondary N) is 5. The molecule has 0 unspecified atom stereocenters. The van der Waals surface area contributed by atoms with Crippen LogP contribution < -0.4 is 36.1 Å². The zero-order chi connectivity index (χ0) is 37.2. The molecule has 6 atom stereocenters. The molecule has 15 heteroatoms. The summed E-state index contributed by atoms with van der Waals surface area (Å²) in [6, 6.07) is 8.80. The predicted molar refractivity (Wildman–Crippen MR) is 188 cm³/mol. The van der Waals surface area contributed by atoms with E-state index in [9.17, 15) is 33.9 Å². The van der Waals surface area contributed by atoms with Gasteiger partial charge in [-0.2, -0.15) is 0 Å². The van der Waals surface area contributed by atoms with Gasteiger partial charge in [0.05, 0.1) is 12.5 Å². The standard InChI is InChI=1S/C37H48N6O9/c1-3-25-33(46)42-32(22(2)44)36(49)41-27(18-23-10-5-4-6-11-23)37(50)43-17-9-13-28(43)35(48)38-16-8-7-12-26(34(47)40-25)39-31(45)20-24-14-15-29-30(19-24)52-21-51-29/h4-6,10-11,14-15,19,22,25-28,32,44H,3,7-9,12-13,16-18,20-21H2,1-2H3,(H,38,48)(H,39,45)(H,40,47)(H,41,49)(H,42,46)/t22-,25+,26+,27-,28+,32+/m1/s1. The zero-order valence-corrected chi connectivity index (χ0v) is 29.5. The van der Waals surface area contributed by atoms with Crippen molar-refractivity contribution in [1.29, 1.82) is 0 Å². The van der Waals surface area contributed by atoms with Gasteiger partial charge in [-0.15, -0.1) is 0 Å². The molecule has 6 amide bonds. The highest BCUT2D eigenvalue weighted by atomic mass is 16.7. The molecular weight excluding hydrogens is 672 g/mol. The number of benzene rings is 2. The van der Waals surface area contributed by atoms with Crippen LogP contribution in [0.4, 0.5) is 0 Å². The van der Waals surface area contributed by atoms with Crippen molar-refractivity contribution in [3.05, 3.63) is 59.7 Å². The Bertz CT molecular complexity index is 1620. The molecule has 0 aromatic heterocycles. The fourth-order valence-electron chi connectivity index (χ4n) is 6.65. The lowest BCUT2D eigenvalue weighted by atomic mass is 10.0. The first kappa shape index (κ1) is 38.1. The van der Waals surface area contributed by atoms with Gasteiger partial charge in [-0.1, -0.05) is 43.3 Å². The van der Waals surface area contributed by atoms with Crippen LogP contribution in [0.1, 0.15) is 63.5 Å². The molecule has 6 N–H and O–H groups in total. The van der Waals surface area contributed by atoms with Crippen molar-refractivity contribution in [3.8, 4) is 11.5 Å². The van der Waals surface area contributed by atoms with Gasteiger partial charge in [-0.05, 0) is 68.7 Å². The summed E-state index contributed by atoms with van der Waals surface area (Å²) >= 11 is 0. The van der Waals surface area contributed by atoms with E-state index < -0.39 is 65.8 Å². The third kappa shape index (κ3) is 9.78. The fraction of sp³-hybridized carbons (Fsp3) is 0.514. The maximum Gasteiger partial charge on any atom is 0.246 e. The number of rotatable bonds is 7. The topological polar surface area (TPSA) is 204 Å². The summed E-state index contributed by atoms with van der Waals surface area (Å²) in [7, 11) is 0. The third-order valence-electron chi connectivity index (χ3n) is 9.51. The molecule has 2 saturated heterocycles. The number of amides is 6. The molecule has 0 aliphatic carbocycles. The van der Waals surface area contributed by atoms with Crippen LogP contribution in [0.2, 0.25) is 0 Å². The number of carbonyl (C=O) groups excluding carboxylic acids is 6. The first-order valence-electron chi connectivity index (χ1n) is 17.9. The quantitative estimate of drug-likeness (QED) is 0.231. The van der Waals surface area contributed by atoms with E-state index in [1.807, 2.05) is 30.3 Å². The van der Waals surface area contributed by atoms with E-state index in [-0.39, 0.29) is 44.9 Å². The Morgan fingerprint density at radius 3 is 2.37 bits per heavy atom. The van der Waals surface area contributed by atoms with Crippen molar-refractivity contribution >= 4 is 35.4 Å². The predicted octanol–water partition coefficient (Wildman–Crippen LogP) is 0.222. The maximum atomic E-state index is 14.0. The van der Waals surface area contributed by atoms with E-state index in [1.54, 1.807) is 25.1 Å². The van der Waals surface area contributed by atoms with Crippen LogP contribution in [0, 0.1) is 0 Å². The van der Waals surface area contributed by atoms with Crippen molar-refractivity contribution < 1.29 is 43.3 Å². The average molecular weight is 721 g/mol. The number of nitrogens with zero attached hydrogens (tertiary/aromatic N) is 1. The van der Waals surface area contributed by atoms with Gasteiger partial charge in [0, 0.05) is 19.5 Å². The molecule has 0 bridgehead atoms. The van der Waals surface area contributed by atoms with Crippen LogP contribution in [0.3, 0.4) is 0 Å². The molecule has 3 aliphatic rings. The Kier molecular flexibility index (Phi) is 13.1. The summed E-state index contributed by atoms with van der Waals surface area (Å²) in [5.41, 5.74) is 1.42. The Labute approximate surface area is 302 Å². The summed E-state index contributed by atoms with van der Waals surface area (Å²) in [6.45, 7) is 3.70. The highest BCUT2D eigenvalue weighted by Crippen LogP contribution is 2.32. The minimum Gasteiger partial charge on any atom is -0.454 e. The summed E-state index contributed by atoms with van der Waals surface area (Å²) in [5.74, 6) is -2.21. The first-order chi connectivity index (χ1) is 25.0. The summed E-state index contributed by atoms with van der Waals surface area (Å²) in [4.78, 5) is 82.9. The second kappa shape index (κ2) is 17.8. The van der Waals surface area contributed by atoms with Crippen LogP contribution in [0.15, 0.2) is 48.5 Å². The SMILES string of the molecule is CC[C@@H]1NC(=O)[C@@H](NC(=O)Cc2ccc3c(c2)OCO3)CCCCNC(=O)[C@@H]2CCCN2C(=O)[C@@H](Cc2ccccc2)NC(=O)[C@H]([C@@H](C)O)NC1=O. The Morgan fingerprint density at radius 1 is 0.865 bits per heavy atom. The maximum absolute atomic E-state index is 14.0. The smallest absolute Gasteiger partial charge is 0.246 e. The van der Waals surface area contributed by atoms with Crippen molar-refractivity contribution in [2.24, 2.45) is 0 Å². The lowest BCUT2D eigenvalue weighted by Gasteiger charge is -2.30. The second-order valence-corrected chi connectivity index (χ2v) is 13.4. The van der Waals surface area contributed by atoms with E-state index in [0.717, 1.165) is 5.56 Å². The van der Waals surface area contributed by atoms with Gasteiger partial charge in [-0.25, -0.2) is 0 Å². The van der Waals surface area contributed by atoms with E-state index in [4.69, 9.17) is 9.47 Å². The normalized spacial score (nSPS) is 25.3. The molecule has 2 fully saturated rings. The third-order valence-corrected chi connectivity index (χ3v) is 9.51. The van der Waals surface area contributed by atoms with E-state index in [2.05, 4.69) is 26.6 Å². The Balaban J connectivity index is 1.36. The van der Waals surface area contributed by atoms with Crippen molar-refractivity contribution in [2.45, 2.75) is 102 Å². The summed E-state index contributed by atoms with van der Waals surface area (Å²) in [6.07, 6.45) is 1.03. The zero-order valence-electron chi connectivity index (χ0n) is 29.5. The van der Waals surface area contributed by atoms with Crippen molar-refractivity contribution in [2.75, 3.05) is 19.9 Å². The Morgan fingerprint density at radius 2 is 1.62 bits per heavy atom. The number of fused-ring (bicyclic) bond motifs is 2. The highest BCUT2D eigenvalue weighted by molar-refractivity contribution is 5.97. The van der Waals surface area contributed by atoms with Gasteiger partial charge in [0.15, 0.2) is 11.5 Å². The number of hydrogen-bond donors (Lipinski definition) is 6. The van der Waals surface area contributed by atoms with E-state index in [0.29, 0.717) is 49.3 Å². The minimum absolute atomic E-state index is 0.0405. The highest BCUT2D eigenvalue weighted by Gasteiger charge is 2.39. The van der Waals surface area contributed by atoms with Gasteiger partial charge in [-0.3, -0.25) is 28.8 Å². The van der Waals surface area contributed by atoms with E-state index >= 15 is 0 Å². The molecule has 0 spiro atoms. The molecule has 15 nitrogen and oxygen atoms in total. The number of aliphatic hydroxyl groups excluding tert-OH is 1. The summed E-state index contributed by atoms with van der Waals surface area (Å²) < 4.78 is 10.7.